The van der Waals surface area contributed by atoms with Crippen LogP contribution in [0.15, 0.2) is 30.5 Å². The Hall–Kier alpha value is -2.87. The lowest BCUT2D eigenvalue weighted by atomic mass is 9.85. The van der Waals surface area contributed by atoms with Gasteiger partial charge in [0.25, 0.3) is 5.91 Å². The number of imidazole rings is 1. The smallest absolute Gasteiger partial charge is 0.327 e. The highest BCUT2D eigenvalue weighted by molar-refractivity contribution is 6.06. The van der Waals surface area contributed by atoms with Crippen LogP contribution in [-0.2, 0) is 24.2 Å². The molecule has 8 heteroatoms. The lowest BCUT2D eigenvalue weighted by Crippen LogP contribution is -2.56. The van der Waals surface area contributed by atoms with Gasteiger partial charge in [-0.15, -0.1) is 0 Å². The number of amides is 3. The second-order valence-electron chi connectivity index (χ2n) is 9.16. The number of nitrogens with one attached hydrogen (secondary N) is 1. The summed E-state index contributed by atoms with van der Waals surface area (Å²) < 4.78 is 5.23. The van der Waals surface area contributed by atoms with Gasteiger partial charge in [-0.25, -0.2) is 9.78 Å². The van der Waals surface area contributed by atoms with Gasteiger partial charge in [0.05, 0.1) is 7.11 Å². The maximum absolute atomic E-state index is 13.2. The van der Waals surface area contributed by atoms with Crippen LogP contribution >= 0.6 is 0 Å². The number of methoxy groups -OCH3 is 1. The number of benzene rings is 1. The first-order valence-corrected chi connectivity index (χ1v) is 11.9. The number of H-pyrrole nitrogens is 1. The monoisotopic (exact) mass is 453 g/mol. The number of urea groups is 1. The van der Waals surface area contributed by atoms with Crippen LogP contribution in [0.4, 0.5) is 4.79 Å². The minimum absolute atomic E-state index is 0.0646. The third kappa shape index (κ3) is 4.76. The molecule has 0 saturated carbocycles. The number of imide groups is 1. The van der Waals surface area contributed by atoms with Crippen molar-refractivity contribution < 1.29 is 14.3 Å². The molecule has 1 spiro atoms. The lowest BCUT2D eigenvalue weighted by Gasteiger charge is -2.42. The lowest BCUT2D eigenvalue weighted by molar-refractivity contribution is -0.134. The van der Waals surface area contributed by atoms with E-state index >= 15 is 0 Å². The Morgan fingerprint density at radius 1 is 1.12 bits per heavy atom. The van der Waals surface area contributed by atoms with Crippen molar-refractivity contribution in [2.75, 3.05) is 33.8 Å². The van der Waals surface area contributed by atoms with Gasteiger partial charge < -0.3 is 14.6 Å². The molecule has 1 N–H and O–H groups in total. The quantitative estimate of drug-likeness (QED) is 0.590. The Bertz CT molecular complexity index is 963. The third-order valence-corrected chi connectivity index (χ3v) is 7.05. The molecule has 3 amide bonds. The predicted octanol–water partition coefficient (Wildman–Crippen LogP) is 3.23. The number of hydrogen-bond donors (Lipinski definition) is 1. The molecule has 178 valence electrons. The molecule has 2 aliphatic rings. The second kappa shape index (κ2) is 9.95. The van der Waals surface area contributed by atoms with Crippen molar-refractivity contribution in [3.63, 3.8) is 0 Å². The number of ether oxygens (including phenoxy) is 1. The van der Waals surface area contributed by atoms with Gasteiger partial charge in [-0.05, 0) is 43.4 Å². The molecule has 33 heavy (non-hydrogen) atoms. The molecule has 2 fully saturated rings. The van der Waals surface area contributed by atoms with Crippen molar-refractivity contribution in [2.45, 2.75) is 57.5 Å². The fourth-order valence-electron chi connectivity index (χ4n) is 4.98. The molecule has 0 bridgehead atoms. The number of aromatic nitrogens is 2. The van der Waals surface area contributed by atoms with Crippen LogP contribution < -0.4 is 4.74 Å². The maximum Gasteiger partial charge on any atom is 0.327 e. The van der Waals surface area contributed by atoms with Crippen LogP contribution in [0, 0.1) is 0 Å². The summed E-state index contributed by atoms with van der Waals surface area (Å²) in [5, 5.41) is 0. The van der Waals surface area contributed by atoms with E-state index in [-0.39, 0.29) is 11.9 Å². The number of rotatable bonds is 9. The minimum Gasteiger partial charge on any atom is -0.497 e. The zero-order chi connectivity index (χ0) is 23.4. The van der Waals surface area contributed by atoms with Crippen LogP contribution in [0.1, 0.15) is 49.7 Å². The summed E-state index contributed by atoms with van der Waals surface area (Å²) in [4.78, 5) is 39.5. The van der Waals surface area contributed by atoms with Crippen LogP contribution in [0.2, 0.25) is 0 Å². The Kier molecular flexibility index (Phi) is 7.02. The molecular formula is C25H35N5O3. The molecular weight excluding hydrogens is 418 g/mol. The first kappa shape index (κ1) is 23.3. The standard InChI is InChI=1S/C25H35N5O3/c1-4-5-6-22-26-17-20(27-22)18-29-15-12-25(13-16-29)23(31)28(2)24(32)30(25)14-11-19-7-9-21(33-3)10-8-19/h7-10,17H,4-6,11-16,18H2,1-3H3,(H,26,27). The van der Waals surface area contributed by atoms with Gasteiger partial charge in [-0.1, -0.05) is 25.5 Å². The summed E-state index contributed by atoms with van der Waals surface area (Å²) in [6, 6.07) is 7.70. The molecule has 1 aromatic carbocycles. The van der Waals surface area contributed by atoms with E-state index in [1.165, 1.54) is 4.90 Å². The Balaban J connectivity index is 1.39. The molecule has 3 heterocycles. The van der Waals surface area contributed by atoms with Crippen molar-refractivity contribution in [3.8, 4) is 5.75 Å². The largest absolute Gasteiger partial charge is 0.497 e. The van der Waals surface area contributed by atoms with Crippen LogP contribution in [0.3, 0.4) is 0 Å². The molecule has 4 rings (SSSR count). The SMILES string of the molecule is CCCCc1ncc(CN2CCC3(CC2)C(=O)N(C)C(=O)N3CCc2ccc(OC)cc2)[nH]1. The van der Waals surface area contributed by atoms with Gasteiger partial charge in [-0.3, -0.25) is 14.6 Å². The van der Waals surface area contributed by atoms with Crippen LogP contribution in [0.5, 0.6) is 5.75 Å². The zero-order valence-electron chi connectivity index (χ0n) is 20.0. The third-order valence-electron chi connectivity index (χ3n) is 7.05. The van der Waals surface area contributed by atoms with Gasteiger partial charge >= 0.3 is 6.03 Å². The van der Waals surface area contributed by atoms with Gasteiger partial charge in [0.2, 0.25) is 0 Å². The predicted molar refractivity (Wildman–Crippen MR) is 126 cm³/mol. The topological polar surface area (TPSA) is 81.8 Å². The molecule has 2 aromatic rings. The molecule has 0 aliphatic carbocycles. The van der Waals surface area contributed by atoms with E-state index in [1.807, 2.05) is 35.4 Å². The number of aromatic amines is 1. The number of hydrogen-bond acceptors (Lipinski definition) is 5. The first-order valence-electron chi connectivity index (χ1n) is 11.9. The Labute approximate surface area is 195 Å². The zero-order valence-corrected chi connectivity index (χ0v) is 20.0. The summed E-state index contributed by atoms with van der Waals surface area (Å²) >= 11 is 0. The molecule has 2 aliphatic heterocycles. The van der Waals surface area contributed by atoms with Gasteiger partial charge in [0.15, 0.2) is 0 Å². The minimum atomic E-state index is -0.727. The average molecular weight is 454 g/mol. The number of likely N-dealkylation sites (tertiary alicyclic amines) is 1. The summed E-state index contributed by atoms with van der Waals surface area (Å²) in [5.74, 6) is 1.79. The molecule has 0 radical (unpaired) electrons. The fourth-order valence-corrected chi connectivity index (χ4v) is 4.98. The van der Waals surface area contributed by atoms with Crippen molar-refractivity contribution in [1.82, 2.24) is 24.7 Å². The van der Waals surface area contributed by atoms with Crippen molar-refractivity contribution in [1.29, 1.82) is 0 Å². The first-order chi connectivity index (χ1) is 16.0. The van der Waals surface area contributed by atoms with Crippen LogP contribution in [-0.4, -0.2) is 75.9 Å². The van der Waals surface area contributed by atoms with E-state index in [9.17, 15) is 9.59 Å². The number of piperidine rings is 1. The molecule has 1 aromatic heterocycles. The molecule has 0 atom stereocenters. The van der Waals surface area contributed by atoms with E-state index in [0.717, 1.165) is 61.7 Å². The van der Waals surface area contributed by atoms with Gasteiger partial charge in [0, 0.05) is 51.5 Å². The number of carbonyl (C=O) groups is 2. The Morgan fingerprint density at radius 3 is 2.52 bits per heavy atom. The highest BCUT2D eigenvalue weighted by Crippen LogP contribution is 2.37. The van der Waals surface area contributed by atoms with Gasteiger partial charge in [0.1, 0.15) is 17.1 Å². The normalized spacial score (nSPS) is 18.5. The van der Waals surface area contributed by atoms with E-state index < -0.39 is 5.54 Å². The number of aryl methyl sites for hydroxylation is 1. The second-order valence-corrected chi connectivity index (χ2v) is 9.16. The van der Waals surface area contributed by atoms with Crippen molar-refractivity contribution in [2.24, 2.45) is 0 Å². The summed E-state index contributed by atoms with van der Waals surface area (Å²) in [5.41, 5.74) is 1.50. The highest BCUT2D eigenvalue weighted by atomic mass is 16.5. The maximum atomic E-state index is 13.2. The average Bonchev–Trinajstić information content (AvgIpc) is 3.35. The van der Waals surface area contributed by atoms with E-state index in [4.69, 9.17) is 4.74 Å². The number of nitrogens with zero attached hydrogens (tertiary/aromatic N) is 4. The van der Waals surface area contributed by atoms with Crippen molar-refractivity contribution in [3.05, 3.63) is 47.5 Å². The molecule has 0 unspecified atom stereocenters. The van der Waals surface area contributed by atoms with Crippen molar-refractivity contribution >= 4 is 11.9 Å². The molecule has 2 saturated heterocycles. The van der Waals surface area contributed by atoms with E-state index in [0.29, 0.717) is 25.8 Å². The van der Waals surface area contributed by atoms with Gasteiger partial charge in [-0.2, -0.15) is 0 Å². The highest BCUT2D eigenvalue weighted by Gasteiger charge is 2.56. The van der Waals surface area contributed by atoms with E-state index in [1.54, 1.807) is 14.2 Å². The van der Waals surface area contributed by atoms with Crippen LogP contribution in [0.25, 0.3) is 0 Å². The number of likely N-dealkylation sites (N-methyl/N-ethyl adjacent to an activating group) is 1. The fraction of sp³-hybridized carbons (Fsp3) is 0.560. The molecule has 8 nitrogen and oxygen atoms in total. The summed E-state index contributed by atoms with van der Waals surface area (Å²) in [7, 11) is 3.25. The van der Waals surface area contributed by atoms with E-state index in [2.05, 4.69) is 21.8 Å². The number of carbonyl (C=O) groups excluding carboxylic acids is 2. The Morgan fingerprint density at radius 2 is 1.85 bits per heavy atom. The summed E-state index contributed by atoms with van der Waals surface area (Å²) in [6.45, 7) is 5.05. The summed E-state index contributed by atoms with van der Waals surface area (Å²) in [6.07, 6.45) is 7.20. The number of unbranched alkanes of at least 4 members (excludes halogenated alkanes) is 1.